The number of amides is 2. The van der Waals surface area contributed by atoms with Crippen molar-refractivity contribution in [3.05, 3.63) is 86.6 Å². The van der Waals surface area contributed by atoms with Crippen LogP contribution in [0.2, 0.25) is 5.02 Å². The summed E-state index contributed by atoms with van der Waals surface area (Å²) in [6.07, 6.45) is 1.36. The highest BCUT2D eigenvalue weighted by Gasteiger charge is 2.46. The van der Waals surface area contributed by atoms with Crippen LogP contribution in [0.5, 0.6) is 5.75 Å². The summed E-state index contributed by atoms with van der Waals surface area (Å²) in [7, 11) is 1.27. The van der Waals surface area contributed by atoms with Crippen molar-refractivity contribution in [1.29, 1.82) is 0 Å². The van der Waals surface area contributed by atoms with Crippen molar-refractivity contribution in [3.8, 4) is 5.75 Å². The van der Waals surface area contributed by atoms with Crippen LogP contribution in [-0.4, -0.2) is 41.1 Å². The Morgan fingerprint density at radius 2 is 1.83 bits per heavy atom. The fourth-order valence-electron chi connectivity index (χ4n) is 4.31. The number of halogens is 3. The molecule has 0 spiro atoms. The van der Waals surface area contributed by atoms with Crippen LogP contribution in [-0.2, 0) is 11.3 Å². The molecule has 1 aliphatic rings. The summed E-state index contributed by atoms with van der Waals surface area (Å²) in [6.45, 7) is 3.36. The van der Waals surface area contributed by atoms with Crippen LogP contribution in [0.3, 0.4) is 0 Å². The lowest BCUT2D eigenvalue weighted by Gasteiger charge is -2.20. The third-order valence-electron chi connectivity index (χ3n) is 6.17. The average Bonchev–Trinajstić information content (AvgIpc) is 3.14. The highest BCUT2D eigenvalue weighted by molar-refractivity contribution is 6.30. The topological polar surface area (TPSA) is 93.5 Å². The van der Waals surface area contributed by atoms with Crippen molar-refractivity contribution < 1.29 is 23.1 Å². The number of benzene rings is 2. The van der Waals surface area contributed by atoms with E-state index in [1.54, 1.807) is 13.8 Å². The SMILES string of the molecule is CCn1cnc(C)c(N2C[C@@H](c3c(F)cc(OC)cc3F)[C@H](NC(=O)c3ccc(Cl)cc3)C2=O)c1=O. The van der Waals surface area contributed by atoms with Gasteiger partial charge in [0.05, 0.1) is 19.1 Å². The molecule has 1 fully saturated rings. The molecule has 0 aliphatic carbocycles. The first-order valence-electron chi connectivity index (χ1n) is 11.1. The summed E-state index contributed by atoms with van der Waals surface area (Å²) < 4.78 is 36.5. The van der Waals surface area contributed by atoms with Gasteiger partial charge in [0.25, 0.3) is 17.4 Å². The number of carbonyl (C=O) groups excluding carboxylic acids is 2. The van der Waals surface area contributed by atoms with Crippen LogP contribution < -0.4 is 20.5 Å². The molecule has 1 aliphatic heterocycles. The Balaban J connectivity index is 1.81. The second-order valence-corrected chi connectivity index (χ2v) is 8.72. The number of anilines is 1. The van der Waals surface area contributed by atoms with Gasteiger partial charge in [-0.3, -0.25) is 19.0 Å². The quantitative estimate of drug-likeness (QED) is 0.542. The Labute approximate surface area is 210 Å². The number of rotatable bonds is 6. The number of aryl methyl sites for hydroxylation is 2. The number of carbonyl (C=O) groups is 2. The van der Waals surface area contributed by atoms with Gasteiger partial charge in [0, 0.05) is 47.3 Å². The van der Waals surface area contributed by atoms with E-state index in [1.807, 2.05) is 0 Å². The van der Waals surface area contributed by atoms with Gasteiger partial charge in [-0.2, -0.15) is 0 Å². The van der Waals surface area contributed by atoms with Gasteiger partial charge >= 0.3 is 0 Å². The minimum Gasteiger partial charge on any atom is -0.497 e. The maximum atomic E-state index is 15.1. The second-order valence-electron chi connectivity index (χ2n) is 8.29. The largest absolute Gasteiger partial charge is 0.497 e. The predicted molar refractivity (Wildman–Crippen MR) is 130 cm³/mol. The fourth-order valence-corrected chi connectivity index (χ4v) is 4.44. The van der Waals surface area contributed by atoms with Crippen molar-refractivity contribution in [3.63, 3.8) is 0 Å². The van der Waals surface area contributed by atoms with E-state index in [4.69, 9.17) is 16.3 Å². The first kappa shape index (κ1) is 25.3. The summed E-state index contributed by atoms with van der Waals surface area (Å²) in [5.74, 6) is -4.38. The highest BCUT2D eigenvalue weighted by Crippen LogP contribution is 2.36. The van der Waals surface area contributed by atoms with Gasteiger partial charge < -0.3 is 15.0 Å². The van der Waals surface area contributed by atoms with E-state index in [-0.39, 0.29) is 29.2 Å². The lowest BCUT2D eigenvalue weighted by Crippen LogP contribution is -2.45. The molecule has 36 heavy (non-hydrogen) atoms. The predicted octanol–water partition coefficient (Wildman–Crippen LogP) is 3.44. The van der Waals surface area contributed by atoms with Gasteiger partial charge in [0.2, 0.25) is 0 Å². The zero-order valence-corrected chi connectivity index (χ0v) is 20.5. The molecule has 2 atom stereocenters. The van der Waals surface area contributed by atoms with Crippen LogP contribution in [0.1, 0.15) is 34.5 Å². The van der Waals surface area contributed by atoms with Gasteiger partial charge in [-0.15, -0.1) is 0 Å². The summed E-state index contributed by atoms with van der Waals surface area (Å²) in [5, 5.41) is 3.01. The number of nitrogens with zero attached hydrogens (tertiary/aromatic N) is 3. The molecule has 8 nitrogen and oxygen atoms in total. The van der Waals surface area contributed by atoms with Crippen molar-refractivity contribution in [2.75, 3.05) is 18.6 Å². The molecule has 11 heteroatoms. The third kappa shape index (κ3) is 4.56. The van der Waals surface area contributed by atoms with Crippen molar-refractivity contribution in [2.24, 2.45) is 0 Å². The van der Waals surface area contributed by atoms with Gasteiger partial charge in [0.1, 0.15) is 29.1 Å². The molecular formula is C25H23ClF2N4O4. The van der Waals surface area contributed by atoms with Crippen LogP contribution >= 0.6 is 11.6 Å². The van der Waals surface area contributed by atoms with Crippen LogP contribution in [0.25, 0.3) is 0 Å². The first-order chi connectivity index (χ1) is 17.2. The molecule has 0 bridgehead atoms. The van der Waals surface area contributed by atoms with Gasteiger partial charge in [-0.25, -0.2) is 13.8 Å². The molecule has 2 aromatic carbocycles. The normalized spacial score (nSPS) is 17.4. The lowest BCUT2D eigenvalue weighted by molar-refractivity contribution is -0.118. The number of nitrogens with one attached hydrogen (secondary N) is 1. The molecule has 1 N–H and O–H groups in total. The molecule has 1 aromatic heterocycles. The first-order valence-corrected chi connectivity index (χ1v) is 11.5. The molecule has 0 saturated carbocycles. The number of hydrogen-bond donors (Lipinski definition) is 1. The zero-order chi connectivity index (χ0) is 26.1. The van der Waals surface area contributed by atoms with E-state index in [0.717, 1.165) is 17.0 Å². The number of hydrogen-bond acceptors (Lipinski definition) is 5. The smallest absolute Gasteiger partial charge is 0.277 e. The Morgan fingerprint density at radius 3 is 2.42 bits per heavy atom. The molecule has 3 aromatic rings. The van der Waals surface area contributed by atoms with Gasteiger partial charge in [-0.05, 0) is 38.1 Å². The number of methoxy groups -OCH3 is 1. The molecule has 1 saturated heterocycles. The zero-order valence-electron chi connectivity index (χ0n) is 19.7. The Hall–Kier alpha value is -3.79. The minimum absolute atomic E-state index is 0.00748. The monoisotopic (exact) mass is 516 g/mol. The van der Waals surface area contributed by atoms with E-state index in [9.17, 15) is 14.4 Å². The molecule has 2 amide bonds. The molecule has 4 rings (SSSR count). The third-order valence-corrected chi connectivity index (χ3v) is 6.43. The summed E-state index contributed by atoms with van der Waals surface area (Å²) in [4.78, 5) is 45.0. The number of aromatic nitrogens is 2. The van der Waals surface area contributed by atoms with Crippen molar-refractivity contribution in [1.82, 2.24) is 14.9 Å². The van der Waals surface area contributed by atoms with E-state index < -0.39 is 46.5 Å². The van der Waals surface area contributed by atoms with Crippen molar-refractivity contribution in [2.45, 2.75) is 32.4 Å². The maximum Gasteiger partial charge on any atom is 0.277 e. The molecule has 0 radical (unpaired) electrons. The van der Waals surface area contributed by atoms with E-state index in [2.05, 4.69) is 10.3 Å². The number of ether oxygens (including phenoxy) is 1. The van der Waals surface area contributed by atoms with Gasteiger partial charge in [-0.1, -0.05) is 11.6 Å². The summed E-state index contributed by atoms with van der Waals surface area (Å²) in [6, 6.07) is 6.58. The molecular weight excluding hydrogens is 494 g/mol. The van der Waals surface area contributed by atoms with Crippen LogP contribution in [0, 0.1) is 18.6 Å². The van der Waals surface area contributed by atoms with E-state index in [1.165, 1.54) is 42.3 Å². The summed E-state index contributed by atoms with van der Waals surface area (Å²) in [5.41, 5.74) is -0.405. The van der Waals surface area contributed by atoms with Crippen molar-refractivity contribution >= 4 is 29.1 Å². The minimum atomic E-state index is -1.36. The Kier molecular flexibility index (Phi) is 7.07. The molecule has 0 unspecified atom stereocenters. The maximum absolute atomic E-state index is 15.1. The van der Waals surface area contributed by atoms with Gasteiger partial charge in [0.15, 0.2) is 0 Å². The van der Waals surface area contributed by atoms with Crippen LogP contribution in [0.15, 0.2) is 47.5 Å². The lowest BCUT2D eigenvalue weighted by atomic mass is 9.92. The molecule has 2 heterocycles. The highest BCUT2D eigenvalue weighted by atomic mass is 35.5. The second kappa shape index (κ2) is 10.1. The van der Waals surface area contributed by atoms with E-state index in [0.29, 0.717) is 11.6 Å². The Bertz CT molecular complexity index is 1370. The summed E-state index contributed by atoms with van der Waals surface area (Å²) >= 11 is 5.89. The molecule has 188 valence electrons. The standard InChI is InChI=1S/C25H23ClF2N4O4/c1-4-31-12-29-13(2)22(25(31)35)32-11-17(20-18(27)9-16(36-3)10-19(20)28)21(24(32)34)30-23(33)14-5-7-15(26)8-6-14/h5-10,12,17,21H,4,11H2,1-3H3,(H,30,33)/t17-,21-/m0/s1. The fraction of sp³-hybridized carbons (Fsp3) is 0.280. The Morgan fingerprint density at radius 1 is 1.19 bits per heavy atom. The average molecular weight is 517 g/mol. The van der Waals surface area contributed by atoms with E-state index >= 15 is 8.78 Å². The van der Waals surface area contributed by atoms with Crippen LogP contribution in [0.4, 0.5) is 14.5 Å².